The minimum Gasteiger partial charge on any atom is -0.468 e. The third-order valence-corrected chi connectivity index (χ3v) is 3.89. The average molecular weight is 232 g/mol. The quantitative estimate of drug-likeness (QED) is 0.710. The third-order valence-electron chi connectivity index (χ3n) is 2.59. The molecule has 88 valence electrons. The van der Waals surface area contributed by atoms with Gasteiger partial charge in [-0.1, -0.05) is 0 Å². The van der Waals surface area contributed by atoms with Crippen molar-refractivity contribution in [1.29, 1.82) is 0 Å². The number of thioether (sulfide) groups is 1. The van der Waals surface area contributed by atoms with Crippen LogP contribution in [0.15, 0.2) is 0 Å². The molecule has 2 N–H and O–H groups in total. The molecule has 0 aromatic rings. The second-order valence-electron chi connectivity index (χ2n) is 4.35. The summed E-state index contributed by atoms with van der Waals surface area (Å²) >= 11 is 1.94. The van der Waals surface area contributed by atoms with Crippen LogP contribution in [0.25, 0.3) is 0 Å². The molecule has 1 atom stereocenters. The first kappa shape index (κ1) is 12.8. The van der Waals surface area contributed by atoms with E-state index in [1.54, 1.807) is 0 Å². The molecule has 4 nitrogen and oxygen atoms in total. The van der Waals surface area contributed by atoms with Gasteiger partial charge in [-0.25, -0.2) is 0 Å². The normalized spacial score (nSPS) is 23.5. The summed E-state index contributed by atoms with van der Waals surface area (Å²) in [5, 5.41) is 0. The molecule has 0 saturated carbocycles. The Hall–Kier alpha value is -0.260. The van der Waals surface area contributed by atoms with Gasteiger partial charge < -0.3 is 10.5 Å². The van der Waals surface area contributed by atoms with E-state index in [9.17, 15) is 4.79 Å². The fourth-order valence-corrected chi connectivity index (χ4v) is 2.98. The van der Waals surface area contributed by atoms with Crippen molar-refractivity contribution >= 4 is 17.7 Å². The molecule has 0 aliphatic carbocycles. The van der Waals surface area contributed by atoms with Gasteiger partial charge in [0.25, 0.3) is 0 Å². The molecule has 1 rings (SSSR count). The van der Waals surface area contributed by atoms with Gasteiger partial charge in [-0.05, 0) is 13.8 Å². The number of ether oxygens (including phenoxy) is 1. The van der Waals surface area contributed by atoms with Crippen molar-refractivity contribution in [3.05, 3.63) is 0 Å². The molecule has 15 heavy (non-hydrogen) atoms. The minimum atomic E-state index is -0.282. The standard InChI is InChI=1S/C10H20N2O2S/c1-10(2)7-12(4-5-15-10)8(6-11)9(13)14-3/h8H,4-7,11H2,1-3H3. The van der Waals surface area contributed by atoms with Gasteiger partial charge in [0.1, 0.15) is 6.04 Å². The summed E-state index contributed by atoms with van der Waals surface area (Å²) in [6.07, 6.45) is 0. The van der Waals surface area contributed by atoms with Crippen molar-refractivity contribution in [1.82, 2.24) is 4.90 Å². The van der Waals surface area contributed by atoms with Gasteiger partial charge in [-0.2, -0.15) is 11.8 Å². The highest BCUT2D eigenvalue weighted by atomic mass is 32.2. The zero-order chi connectivity index (χ0) is 11.5. The van der Waals surface area contributed by atoms with Crippen LogP contribution >= 0.6 is 11.8 Å². The van der Waals surface area contributed by atoms with Crippen molar-refractivity contribution in [2.24, 2.45) is 5.73 Å². The number of rotatable bonds is 3. The minimum absolute atomic E-state index is 0.194. The van der Waals surface area contributed by atoms with Crippen molar-refractivity contribution in [3.63, 3.8) is 0 Å². The monoisotopic (exact) mass is 232 g/mol. The number of esters is 1. The average Bonchev–Trinajstić information content (AvgIpc) is 2.17. The maximum absolute atomic E-state index is 11.5. The van der Waals surface area contributed by atoms with E-state index in [0.29, 0.717) is 6.54 Å². The van der Waals surface area contributed by atoms with Crippen LogP contribution in [0.3, 0.4) is 0 Å². The summed E-state index contributed by atoms with van der Waals surface area (Å²) in [5.74, 6) is 0.820. The highest BCUT2D eigenvalue weighted by Crippen LogP contribution is 2.30. The second kappa shape index (κ2) is 5.18. The summed E-state index contributed by atoms with van der Waals surface area (Å²) in [6.45, 7) is 6.50. The molecule has 0 radical (unpaired) electrons. The van der Waals surface area contributed by atoms with Crippen LogP contribution in [0.5, 0.6) is 0 Å². The zero-order valence-corrected chi connectivity index (χ0v) is 10.5. The Labute approximate surface area is 95.5 Å². The van der Waals surface area contributed by atoms with Crippen LogP contribution in [-0.4, -0.2) is 54.2 Å². The Bertz CT molecular complexity index is 233. The van der Waals surface area contributed by atoms with Gasteiger partial charge in [-0.3, -0.25) is 9.69 Å². The molecule has 0 spiro atoms. The first-order valence-corrected chi connectivity index (χ1v) is 6.14. The van der Waals surface area contributed by atoms with Gasteiger partial charge in [0.05, 0.1) is 7.11 Å². The van der Waals surface area contributed by atoms with E-state index in [1.165, 1.54) is 7.11 Å². The summed E-state index contributed by atoms with van der Waals surface area (Å²) < 4.78 is 4.95. The van der Waals surface area contributed by atoms with Gasteiger partial charge in [0.2, 0.25) is 0 Å². The first-order valence-electron chi connectivity index (χ1n) is 5.16. The lowest BCUT2D eigenvalue weighted by atomic mass is 10.1. The second-order valence-corrected chi connectivity index (χ2v) is 6.16. The summed E-state index contributed by atoms with van der Waals surface area (Å²) in [7, 11) is 1.41. The highest BCUT2D eigenvalue weighted by molar-refractivity contribution is 8.00. The van der Waals surface area contributed by atoms with Gasteiger partial charge in [0.15, 0.2) is 0 Å². The molecular formula is C10H20N2O2S. The lowest BCUT2D eigenvalue weighted by molar-refractivity contribution is -0.146. The Kier molecular flexibility index (Phi) is 4.43. The Morgan fingerprint density at radius 3 is 2.80 bits per heavy atom. The van der Waals surface area contributed by atoms with E-state index < -0.39 is 0 Å². The van der Waals surface area contributed by atoms with Crippen molar-refractivity contribution < 1.29 is 9.53 Å². The van der Waals surface area contributed by atoms with Crippen LogP contribution in [0.4, 0.5) is 0 Å². The van der Waals surface area contributed by atoms with E-state index in [4.69, 9.17) is 10.5 Å². The predicted molar refractivity (Wildman–Crippen MR) is 63.0 cm³/mol. The number of methoxy groups -OCH3 is 1. The van der Waals surface area contributed by atoms with Crippen LogP contribution in [0, 0.1) is 0 Å². The van der Waals surface area contributed by atoms with Crippen molar-refractivity contribution in [2.45, 2.75) is 24.6 Å². The highest BCUT2D eigenvalue weighted by Gasteiger charge is 2.33. The molecular weight excluding hydrogens is 212 g/mol. The van der Waals surface area contributed by atoms with E-state index in [1.807, 2.05) is 11.8 Å². The number of carbonyl (C=O) groups is 1. The first-order chi connectivity index (χ1) is 7.00. The maximum Gasteiger partial charge on any atom is 0.324 e. The smallest absolute Gasteiger partial charge is 0.324 e. The van der Waals surface area contributed by atoms with Gasteiger partial charge >= 0.3 is 5.97 Å². The maximum atomic E-state index is 11.5. The van der Waals surface area contributed by atoms with Crippen LogP contribution < -0.4 is 5.73 Å². The summed E-state index contributed by atoms with van der Waals surface area (Å²) in [5.41, 5.74) is 5.62. The molecule has 0 amide bonds. The number of carbonyl (C=O) groups excluding carboxylic acids is 1. The molecule has 0 aromatic carbocycles. The molecule has 1 fully saturated rings. The molecule has 1 saturated heterocycles. The lowest BCUT2D eigenvalue weighted by Crippen LogP contribution is -2.54. The SMILES string of the molecule is COC(=O)C(CN)N1CCSC(C)(C)C1. The molecule has 1 heterocycles. The van der Waals surface area contributed by atoms with E-state index in [-0.39, 0.29) is 16.8 Å². The van der Waals surface area contributed by atoms with Crippen molar-refractivity contribution in [3.8, 4) is 0 Å². The molecule has 5 heteroatoms. The third kappa shape index (κ3) is 3.36. The predicted octanol–water partition coefficient (Wildman–Crippen LogP) is 0.314. The Morgan fingerprint density at radius 1 is 1.67 bits per heavy atom. The van der Waals surface area contributed by atoms with Crippen LogP contribution in [0.2, 0.25) is 0 Å². The summed E-state index contributed by atoms with van der Waals surface area (Å²) in [4.78, 5) is 13.6. The van der Waals surface area contributed by atoms with Crippen LogP contribution in [0.1, 0.15) is 13.8 Å². The van der Waals surface area contributed by atoms with Crippen molar-refractivity contribution in [2.75, 3.05) is 32.5 Å². The number of nitrogens with two attached hydrogens (primary N) is 1. The van der Waals surface area contributed by atoms with Crippen LogP contribution in [-0.2, 0) is 9.53 Å². The van der Waals surface area contributed by atoms with Gasteiger partial charge in [0, 0.05) is 30.1 Å². The molecule has 1 aliphatic rings. The summed E-state index contributed by atoms with van der Waals surface area (Å²) in [6, 6.07) is -0.282. The zero-order valence-electron chi connectivity index (χ0n) is 9.66. The van der Waals surface area contributed by atoms with E-state index in [2.05, 4.69) is 18.7 Å². The number of hydrogen-bond donors (Lipinski definition) is 1. The molecule has 0 bridgehead atoms. The number of nitrogens with zero attached hydrogens (tertiary/aromatic N) is 1. The van der Waals surface area contributed by atoms with E-state index >= 15 is 0 Å². The topological polar surface area (TPSA) is 55.6 Å². The Balaban J connectivity index is 2.64. The Morgan fingerprint density at radius 2 is 2.33 bits per heavy atom. The molecule has 0 aromatic heterocycles. The van der Waals surface area contributed by atoms with Gasteiger partial charge in [-0.15, -0.1) is 0 Å². The number of hydrogen-bond acceptors (Lipinski definition) is 5. The molecule has 1 unspecified atom stereocenters. The van der Waals surface area contributed by atoms with E-state index in [0.717, 1.165) is 18.8 Å². The lowest BCUT2D eigenvalue weighted by Gasteiger charge is -2.40. The largest absolute Gasteiger partial charge is 0.468 e. The molecule has 1 aliphatic heterocycles. The fourth-order valence-electron chi connectivity index (χ4n) is 1.85. The fraction of sp³-hybridized carbons (Fsp3) is 0.900.